The van der Waals surface area contributed by atoms with Crippen molar-refractivity contribution in [2.24, 2.45) is 0 Å². The van der Waals surface area contributed by atoms with Crippen LogP contribution in [0, 0.1) is 0 Å². The summed E-state index contributed by atoms with van der Waals surface area (Å²) >= 11 is 0. The smallest absolute Gasteiger partial charge is 0.410 e. The van der Waals surface area contributed by atoms with E-state index in [0.29, 0.717) is 38.7 Å². The number of oxazole rings is 1. The molecule has 0 aromatic carbocycles. The highest BCUT2D eigenvalue weighted by molar-refractivity contribution is 5.86. The van der Waals surface area contributed by atoms with Gasteiger partial charge in [0.2, 0.25) is 5.89 Å². The monoisotopic (exact) mass is 309 g/mol. The molecule has 1 aromatic rings. The van der Waals surface area contributed by atoms with Crippen LogP contribution in [0.2, 0.25) is 0 Å². The van der Waals surface area contributed by atoms with Crippen LogP contribution in [-0.2, 0) is 16.0 Å². The van der Waals surface area contributed by atoms with Crippen molar-refractivity contribution in [3.05, 3.63) is 17.8 Å². The lowest BCUT2D eigenvalue weighted by Crippen LogP contribution is -2.60. The summed E-state index contributed by atoms with van der Waals surface area (Å²) in [6.07, 6.45) is 1.90. The van der Waals surface area contributed by atoms with E-state index in [4.69, 9.17) is 9.15 Å². The lowest BCUT2D eigenvalue weighted by Gasteiger charge is -2.43. The van der Waals surface area contributed by atoms with E-state index in [1.54, 1.807) is 0 Å². The number of aromatic nitrogens is 1. The molecule has 0 saturated carbocycles. The molecule has 8 nitrogen and oxygen atoms in total. The van der Waals surface area contributed by atoms with Crippen molar-refractivity contribution in [1.82, 2.24) is 14.8 Å². The van der Waals surface area contributed by atoms with Crippen molar-refractivity contribution in [3.63, 3.8) is 0 Å². The summed E-state index contributed by atoms with van der Waals surface area (Å²) in [4.78, 5) is 31.2. The molecule has 0 bridgehead atoms. The Morgan fingerprint density at radius 3 is 3.05 bits per heavy atom. The van der Waals surface area contributed by atoms with Crippen LogP contribution in [0.3, 0.4) is 0 Å². The predicted octanol–water partition coefficient (Wildman–Crippen LogP) is 0.878. The fourth-order valence-electron chi connectivity index (χ4n) is 3.05. The standard InChI is InChI=1S/C14H19N3O5/c1-3-14-8-16(4-5-17(14)13(19)22-9-14)6-11-15-10(7-21-11)12(18)20-2/h7H,3-6,8-9H2,1-2H3. The maximum absolute atomic E-state index is 11.8. The van der Waals surface area contributed by atoms with Crippen LogP contribution in [0.1, 0.15) is 29.7 Å². The second-order valence-electron chi connectivity index (χ2n) is 5.61. The van der Waals surface area contributed by atoms with Crippen molar-refractivity contribution in [1.29, 1.82) is 0 Å². The Hall–Kier alpha value is -2.09. The van der Waals surface area contributed by atoms with Gasteiger partial charge in [0.25, 0.3) is 0 Å². The molecule has 0 aliphatic carbocycles. The predicted molar refractivity (Wildman–Crippen MR) is 74.2 cm³/mol. The summed E-state index contributed by atoms with van der Waals surface area (Å²) in [5, 5.41) is 0. The molecule has 3 rings (SSSR count). The lowest BCUT2D eigenvalue weighted by atomic mass is 9.93. The number of carbonyl (C=O) groups excluding carboxylic acids is 2. The summed E-state index contributed by atoms with van der Waals surface area (Å²) in [5.74, 6) is -0.0509. The Morgan fingerprint density at radius 2 is 2.32 bits per heavy atom. The van der Waals surface area contributed by atoms with Crippen LogP contribution < -0.4 is 0 Å². The van der Waals surface area contributed by atoms with Crippen LogP contribution >= 0.6 is 0 Å². The highest BCUT2D eigenvalue weighted by Gasteiger charge is 2.49. The molecule has 2 fully saturated rings. The molecule has 1 atom stereocenters. The number of methoxy groups -OCH3 is 1. The maximum atomic E-state index is 11.8. The zero-order valence-electron chi connectivity index (χ0n) is 12.7. The normalized spacial score (nSPS) is 25.0. The summed E-state index contributed by atoms with van der Waals surface area (Å²) in [7, 11) is 1.30. The minimum absolute atomic E-state index is 0.167. The third-order valence-corrected chi connectivity index (χ3v) is 4.38. The number of amides is 1. The van der Waals surface area contributed by atoms with Gasteiger partial charge in [0, 0.05) is 19.6 Å². The van der Waals surface area contributed by atoms with Gasteiger partial charge in [0.1, 0.15) is 12.9 Å². The molecule has 1 aromatic heterocycles. The van der Waals surface area contributed by atoms with Gasteiger partial charge in [-0.25, -0.2) is 14.6 Å². The van der Waals surface area contributed by atoms with Gasteiger partial charge < -0.3 is 13.9 Å². The van der Waals surface area contributed by atoms with Crippen LogP contribution in [0.15, 0.2) is 10.7 Å². The fourth-order valence-corrected chi connectivity index (χ4v) is 3.05. The number of cyclic esters (lactones) is 1. The number of rotatable bonds is 4. The summed E-state index contributed by atoms with van der Waals surface area (Å²) < 4.78 is 15.1. The third kappa shape index (κ3) is 2.43. The van der Waals surface area contributed by atoms with E-state index in [1.165, 1.54) is 13.4 Å². The van der Waals surface area contributed by atoms with Gasteiger partial charge in [0.15, 0.2) is 5.69 Å². The van der Waals surface area contributed by atoms with Crippen molar-refractivity contribution in [3.8, 4) is 0 Å². The zero-order valence-corrected chi connectivity index (χ0v) is 12.7. The molecule has 2 saturated heterocycles. The molecule has 0 radical (unpaired) electrons. The minimum Gasteiger partial charge on any atom is -0.464 e. The van der Waals surface area contributed by atoms with Gasteiger partial charge in [-0.1, -0.05) is 6.92 Å². The number of hydrogen-bond acceptors (Lipinski definition) is 7. The molecule has 22 heavy (non-hydrogen) atoms. The molecule has 1 amide bonds. The Bertz CT molecular complexity index is 587. The van der Waals surface area contributed by atoms with Crippen LogP contribution in [0.25, 0.3) is 0 Å². The number of piperazine rings is 1. The average molecular weight is 309 g/mol. The third-order valence-electron chi connectivity index (χ3n) is 4.38. The van der Waals surface area contributed by atoms with E-state index in [9.17, 15) is 9.59 Å². The van der Waals surface area contributed by atoms with Crippen molar-refractivity contribution in [2.75, 3.05) is 33.4 Å². The molecule has 0 N–H and O–H groups in total. The van der Waals surface area contributed by atoms with Crippen molar-refractivity contribution < 1.29 is 23.5 Å². The number of hydrogen-bond donors (Lipinski definition) is 0. The molecular weight excluding hydrogens is 290 g/mol. The zero-order chi connectivity index (χ0) is 15.7. The SMILES string of the molecule is CCC12COC(=O)N1CCN(Cc1nc(C(=O)OC)co1)C2. The highest BCUT2D eigenvalue weighted by atomic mass is 16.6. The molecule has 120 valence electrons. The van der Waals surface area contributed by atoms with E-state index in [-0.39, 0.29) is 17.3 Å². The van der Waals surface area contributed by atoms with Crippen molar-refractivity contribution in [2.45, 2.75) is 25.4 Å². The van der Waals surface area contributed by atoms with Gasteiger partial charge in [-0.15, -0.1) is 0 Å². The Kier molecular flexibility index (Phi) is 3.78. The van der Waals surface area contributed by atoms with E-state index >= 15 is 0 Å². The number of carbonyl (C=O) groups is 2. The van der Waals surface area contributed by atoms with E-state index in [2.05, 4.69) is 21.5 Å². The summed E-state index contributed by atoms with van der Waals surface area (Å²) in [5.41, 5.74) is -0.103. The van der Waals surface area contributed by atoms with E-state index < -0.39 is 5.97 Å². The van der Waals surface area contributed by atoms with Gasteiger partial charge in [-0.3, -0.25) is 9.80 Å². The van der Waals surface area contributed by atoms with Crippen molar-refractivity contribution >= 4 is 12.1 Å². The lowest BCUT2D eigenvalue weighted by molar-refractivity contribution is 0.0407. The number of nitrogens with zero attached hydrogens (tertiary/aromatic N) is 3. The topological polar surface area (TPSA) is 85.1 Å². The molecular formula is C14H19N3O5. The average Bonchev–Trinajstić information content (AvgIpc) is 3.12. The van der Waals surface area contributed by atoms with Crippen LogP contribution in [0.4, 0.5) is 4.79 Å². The molecule has 2 aliphatic heterocycles. The molecule has 0 spiro atoms. The first-order valence-corrected chi connectivity index (χ1v) is 7.27. The summed E-state index contributed by atoms with van der Waals surface area (Å²) in [6, 6.07) is 0. The first kappa shape index (κ1) is 14.8. The largest absolute Gasteiger partial charge is 0.464 e. The molecule has 8 heteroatoms. The summed E-state index contributed by atoms with van der Waals surface area (Å²) in [6.45, 7) is 4.99. The van der Waals surface area contributed by atoms with Crippen LogP contribution in [-0.4, -0.2) is 65.7 Å². The Morgan fingerprint density at radius 1 is 1.50 bits per heavy atom. The highest BCUT2D eigenvalue weighted by Crippen LogP contribution is 2.32. The fraction of sp³-hybridized carbons (Fsp3) is 0.643. The van der Waals surface area contributed by atoms with E-state index in [1.807, 2.05) is 4.90 Å². The molecule has 2 aliphatic rings. The molecule has 1 unspecified atom stereocenters. The van der Waals surface area contributed by atoms with Gasteiger partial charge >= 0.3 is 12.1 Å². The second-order valence-corrected chi connectivity index (χ2v) is 5.61. The number of esters is 1. The number of ether oxygens (including phenoxy) is 2. The maximum Gasteiger partial charge on any atom is 0.410 e. The van der Waals surface area contributed by atoms with Gasteiger partial charge in [0.05, 0.1) is 19.2 Å². The molecule has 3 heterocycles. The van der Waals surface area contributed by atoms with Gasteiger partial charge in [-0.2, -0.15) is 0 Å². The van der Waals surface area contributed by atoms with Gasteiger partial charge in [-0.05, 0) is 6.42 Å². The van der Waals surface area contributed by atoms with Crippen LogP contribution in [0.5, 0.6) is 0 Å². The quantitative estimate of drug-likeness (QED) is 0.763. The number of fused-ring (bicyclic) bond motifs is 1. The second kappa shape index (κ2) is 5.60. The Balaban J connectivity index is 1.68. The van der Waals surface area contributed by atoms with E-state index in [0.717, 1.165) is 6.42 Å². The first-order chi connectivity index (χ1) is 10.6. The minimum atomic E-state index is -0.514. The Labute approximate surface area is 128 Å². The first-order valence-electron chi connectivity index (χ1n) is 7.27.